The summed E-state index contributed by atoms with van der Waals surface area (Å²) in [5.74, 6) is -3.06. The van der Waals surface area contributed by atoms with E-state index < -0.39 is 30.5 Å². The largest absolute Gasteiger partial charge is 0.393 e. The van der Waals surface area contributed by atoms with Crippen molar-refractivity contribution in [2.24, 2.45) is 5.92 Å². The summed E-state index contributed by atoms with van der Waals surface area (Å²) in [6.07, 6.45) is -4.42. The molecule has 2 amide bonds. The predicted molar refractivity (Wildman–Crippen MR) is 57.0 cm³/mol. The van der Waals surface area contributed by atoms with Crippen molar-refractivity contribution in [1.29, 1.82) is 0 Å². The van der Waals surface area contributed by atoms with Crippen molar-refractivity contribution in [2.75, 3.05) is 6.54 Å². The number of nitrogens with zero attached hydrogens (tertiary/aromatic N) is 1. The fraction of sp³-hybridized carbons (Fsp3) is 0.333. The van der Waals surface area contributed by atoms with Gasteiger partial charge in [-0.05, 0) is 12.1 Å². The lowest BCUT2D eigenvalue weighted by Crippen LogP contribution is -2.38. The van der Waals surface area contributed by atoms with Gasteiger partial charge in [0.05, 0.1) is 17.0 Å². The molecule has 1 aromatic carbocycles. The zero-order valence-electron chi connectivity index (χ0n) is 9.49. The number of hydrogen-bond donors (Lipinski definition) is 0. The van der Waals surface area contributed by atoms with Gasteiger partial charge in [-0.1, -0.05) is 19.1 Å². The Labute approximate surface area is 101 Å². The van der Waals surface area contributed by atoms with E-state index in [1.807, 2.05) is 0 Å². The summed E-state index contributed by atoms with van der Waals surface area (Å²) in [4.78, 5) is 24.3. The Bertz CT molecular complexity index is 475. The van der Waals surface area contributed by atoms with E-state index in [1.54, 1.807) is 12.1 Å². The molecular weight excluding hydrogens is 247 g/mol. The smallest absolute Gasteiger partial charge is 0.274 e. The SMILES string of the molecule is CC(CN1C(=O)c2ccccc2C1=O)C(F)(F)F. The number of amides is 2. The van der Waals surface area contributed by atoms with E-state index in [9.17, 15) is 22.8 Å². The Morgan fingerprint density at radius 3 is 1.94 bits per heavy atom. The Hall–Kier alpha value is -1.85. The maximum Gasteiger partial charge on any atom is 0.393 e. The molecule has 0 aliphatic carbocycles. The van der Waals surface area contributed by atoms with E-state index in [2.05, 4.69) is 0 Å². The normalized spacial score (nSPS) is 17.0. The minimum Gasteiger partial charge on any atom is -0.274 e. The molecule has 0 aromatic heterocycles. The van der Waals surface area contributed by atoms with Crippen molar-refractivity contribution in [3.05, 3.63) is 35.4 Å². The highest BCUT2D eigenvalue weighted by Crippen LogP contribution is 2.29. The molecule has 3 nitrogen and oxygen atoms in total. The molecule has 0 N–H and O–H groups in total. The van der Waals surface area contributed by atoms with Gasteiger partial charge in [0.15, 0.2) is 0 Å². The average molecular weight is 257 g/mol. The van der Waals surface area contributed by atoms with Gasteiger partial charge in [0.2, 0.25) is 0 Å². The molecule has 0 fully saturated rings. The number of benzene rings is 1. The lowest BCUT2D eigenvalue weighted by atomic mass is 10.1. The molecule has 0 radical (unpaired) electrons. The quantitative estimate of drug-likeness (QED) is 0.763. The first-order chi connectivity index (χ1) is 8.32. The van der Waals surface area contributed by atoms with Crippen LogP contribution in [0.4, 0.5) is 13.2 Å². The van der Waals surface area contributed by atoms with Gasteiger partial charge in [0.1, 0.15) is 0 Å². The summed E-state index contributed by atoms with van der Waals surface area (Å²) < 4.78 is 37.3. The Morgan fingerprint density at radius 2 is 1.56 bits per heavy atom. The van der Waals surface area contributed by atoms with Gasteiger partial charge in [-0.3, -0.25) is 14.5 Å². The van der Waals surface area contributed by atoms with Gasteiger partial charge >= 0.3 is 6.18 Å². The third-order valence-electron chi connectivity index (χ3n) is 2.89. The second-order valence-electron chi connectivity index (χ2n) is 4.21. The standard InChI is InChI=1S/C12H10F3NO2/c1-7(12(13,14)15)6-16-10(17)8-4-2-3-5-9(8)11(16)18/h2-5,7H,6H2,1H3. The van der Waals surface area contributed by atoms with E-state index in [0.717, 1.165) is 6.92 Å². The number of fused-ring (bicyclic) bond motifs is 1. The highest BCUT2D eigenvalue weighted by molar-refractivity contribution is 6.21. The summed E-state index contributed by atoms with van der Waals surface area (Å²) in [5.41, 5.74) is 0.328. The zero-order valence-corrected chi connectivity index (χ0v) is 9.49. The number of carbonyl (C=O) groups excluding carboxylic acids is 2. The van der Waals surface area contributed by atoms with E-state index in [0.29, 0.717) is 4.90 Å². The average Bonchev–Trinajstić information content (AvgIpc) is 2.54. The Kier molecular flexibility index (Phi) is 2.88. The molecule has 0 bridgehead atoms. The van der Waals surface area contributed by atoms with Gasteiger partial charge in [0, 0.05) is 6.54 Å². The molecule has 96 valence electrons. The summed E-state index contributed by atoms with van der Waals surface area (Å²) in [5, 5.41) is 0. The zero-order chi connectivity index (χ0) is 13.5. The second kappa shape index (κ2) is 4.12. The minimum absolute atomic E-state index is 0.164. The van der Waals surface area contributed by atoms with Crippen LogP contribution in [0.1, 0.15) is 27.6 Å². The van der Waals surface area contributed by atoms with Crippen molar-refractivity contribution < 1.29 is 22.8 Å². The van der Waals surface area contributed by atoms with E-state index in [1.165, 1.54) is 12.1 Å². The Morgan fingerprint density at radius 1 is 1.11 bits per heavy atom. The Balaban J connectivity index is 2.24. The van der Waals surface area contributed by atoms with Gasteiger partial charge < -0.3 is 0 Å². The van der Waals surface area contributed by atoms with Crippen LogP contribution >= 0.6 is 0 Å². The summed E-state index contributed by atoms with van der Waals surface area (Å²) >= 11 is 0. The first kappa shape index (κ1) is 12.6. The van der Waals surface area contributed by atoms with Crippen molar-refractivity contribution >= 4 is 11.8 Å². The molecule has 18 heavy (non-hydrogen) atoms. The number of rotatable bonds is 2. The third-order valence-corrected chi connectivity index (χ3v) is 2.89. The van der Waals surface area contributed by atoms with Gasteiger partial charge in [-0.2, -0.15) is 13.2 Å². The fourth-order valence-corrected chi connectivity index (χ4v) is 1.78. The molecule has 1 unspecified atom stereocenters. The highest BCUT2D eigenvalue weighted by Gasteiger charge is 2.42. The highest BCUT2D eigenvalue weighted by atomic mass is 19.4. The number of halogens is 3. The predicted octanol–water partition coefficient (Wildman–Crippen LogP) is 2.48. The molecule has 1 aliphatic heterocycles. The van der Waals surface area contributed by atoms with Crippen LogP contribution < -0.4 is 0 Å². The van der Waals surface area contributed by atoms with Crippen LogP contribution in [-0.2, 0) is 0 Å². The van der Waals surface area contributed by atoms with Crippen molar-refractivity contribution in [1.82, 2.24) is 4.90 Å². The minimum atomic E-state index is -4.42. The molecule has 1 atom stereocenters. The number of hydrogen-bond acceptors (Lipinski definition) is 2. The van der Waals surface area contributed by atoms with Crippen molar-refractivity contribution in [2.45, 2.75) is 13.1 Å². The van der Waals surface area contributed by atoms with Crippen LogP contribution in [0.25, 0.3) is 0 Å². The van der Waals surface area contributed by atoms with Crippen LogP contribution in [0.3, 0.4) is 0 Å². The number of carbonyl (C=O) groups is 2. The van der Waals surface area contributed by atoms with Crippen molar-refractivity contribution in [3.8, 4) is 0 Å². The number of alkyl halides is 3. The molecule has 0 saturated heterocycles. The first-order valence-corrected chi connectivity index (χ1v) is 5.34. The molecule has 1 aromatic rings. The molecular formula is C12H10F3NO2. The van der Waals surface area contributed by atoms with E-state index in [4.69, 9.17) is 0 Å². The lowest BCUT2D eigenvalue weighted by molar-refractivity contribution is -0.170. The third kappa shape index (κ3) is 1.98. The summed E-state index contributed by atoms with van der Waals surface area (Å²) in [6.45, 7) is 0.305. The first-order valence-electron chi connectivity index (χ1n) is 5.34. The molecule has 6 heteroatoms. The van der Waals surface area contributed by atoms with E-state index >= 15 is 0 Å². The lowest BCUT2D eigenvalue weighted by Gasteiger charge is -2.21. The maximum absolute atomic E-state index is 12.4. The topological polar surface area (TPSA) is 37.4 Å². The molecule has 0 spiro atoms. The monoisotopic (exact) mass is 257 g/mol. The van der Waals surface area contributed by atoms with Crippen LogP contribution in [0.5, 0.6) is 0 Å². The molecule has 1 aliphatic rings. The van der Waals surface area contributed by atoms with Crippen LogP contribution in [0, 0.1) is 5.92 Å². The van der Waals surface area contributed by atoms with Crippen LogP contribution in [-0.4, -0.2) is 29.4 Å². The van der Waals surface area contributed by atoms with Gasteiger partial charge in [0.25, 0.3) is 11.8 Å². The molecule has 1 heterocycles. The molecule has 2 rings (SSSR count). The summed E-state index contributed by atoms with van der Waals surface area (Å²) in [7, 11) is 0. The fourth-order valence-electron chi connectivity index (χ4n) is 1.78. The van der Waals surface area contributed by atoms with E-state index in [-0.39, 0.29) is 11.1 Å². The van der Waals surface area contributed by atoms with Gasteiger partial charge in [-0.15, -0.1) is 0 Å². The van der Waals surface area contributed by atoms with Gasteiger partial charge in [-0.25, -0.2) is 0 Å². The number of imide groups is 1. The van der Waals surface area contributed by atoms with Crippen LogP contribution in [0.15, 0.2) is 24.3 Å². The maximum atomic E-state index is 12.4. The molecule has 0 saturated carbocycles. The van der Waals surface area contributed by atoms with Crippen LogP contribution in [0.2, 0.25) is 0 Å². The van der Waals surface area contributed by atoms with Crippen molar-refractivity contribution in [3.63, 3.8) is 0 Å². The second-order valence-corrected chi connectivity index (χ2v) is 4.21. The summed E-state index contributed by atoms with van der Waals surface area (Å²) in [6, 6.07) is 6.02.